The molecular weight excluding hydrogens is 822 g/mol. The summed E-state index contributed by atoms with van der Waals surface area (Å²) in [5.74, 6) is -1.58. The summed E-state index contributed by atoms with van der Waals surface area (Å²) in [7, 11) is 0.965. The zero-order valence-corrected chi connectivity index (χ0v) is 40.2. The Labute approximate surface area is 380 Å². The molecule has 0 amide bonds. The summed E-state index contributed by atoms with van der Waals surface area (Å²) >= 11 is 0. The summed E-state index contributed by atoms with van der Waals surface area (Å²) in [5.41, 5.74) is 0. The monoisotopic (exact) mass is 906 g/mol. The number of nitrogens with zero attached hydrogens (tertiary/aromatic N) is 1. The number of aliphatic hydroxyl groups excluding tert-OH is 3. The number of allylic oxidation sites excluding steroid dienone is 12. The second kappa shape index (κ2) is 36.3. The van der Waals surface area contributed by atoms with Gasteiger partial charge in [-0.1, -0.05) is 131 Å². The van der Waals surface area contributed by atoms with E-state index in [1.54, 1.807) is 6.08 Å². The van der Waals surface area contributed by atoms with E-state index in [0.29, 0.717) is 43.1 Å². The predicted molar refractivity (Wildman–Crippen MR) is 251 cm³/mol. The normalized spacial score (nSPS) is 20.7. The van der Waals surface area contributed by atoms with Crippen molar-refractivity contribution in [2.24, 2.45) is 11.8 Å². The number of hydrogen-bond donors (Lipinski definition) is 3. The molecule has 0 heterocycles. The minimum absolute atomic E-state index is 0.0279. The van der Waals surface area contributed by atoms with Crippen LogP contribution in [0.3, 0.4) is 0 Å². The second-order valence-electron chi connectivity index (χ2n) is 17.4. The van der Waals surface area contributed by atoms with Gasteiger partial charge in [-0.15, -0.1) is 0 Å². The molecule has 63 heavy (non-hydrogen) atoms. The smallest absolute Gasteiger partial charge is 0.306 e. The minimum Gasteiger partial charge on any atom is -0.756 e. The molecule has 1 aliphatic carbocycles. The third kappa shape index (κ3) is 33.2. The number of phosphoric ester groups is 1. The van der Waals surface area contributed by atoms with E-state index in [-0.39, 0.29) is 44.3 Å². The van der Waals surface area contributed by atoms with Crippen molar-refractivity contribution in [1.82, 2.24) is 0 Å². The number of unbranched alkanes of at least 4 members (excludes halogenated alkanes) is 6. The van der Waals surface area contributed by atoms with Crippen LogP contribution >= 0.6 is 7.82 Å². The van der Waals surface area contributed by atoms with Gasteiger partial charge >= 0.3 is 11.9 Å². The lowest BCUT2D eigenvalue weighted by Crippen LogP contribution is -2.37. The van der Waals surface area contributed by atoms with E-state index in [2.05, 4.69) is 62.5 Å². The van der Waals surface area contributed by atoms with Gasteiger partial charge in [0.2, 0.25) is 0 Å². The molecule has 0 saturated heterocycles. The molecule has 1 unspecified atom stereocenters. The van der Waals surface area contributed by atoms with Gasteiger partial charge in [-0.05, 0) is 76.5 Å². The van der Waals surface area contributed by atoms with Crippen molar-refractivity contribution in [1.29, 1.82) is 0 Å². The molecule has 0 aromatic heterocycles. The molecule has 0 bridgehead atoms. The molecule has 0 spiro atoms. The fourth-order valence-corrected chi connectivity index (χ4v) is 7.42. The van der Waals surface area contributed by atoms with Gasteiger partial charge in [0.05, 0.1) is 46.1 Å². The van der Waals surface area contributed by atoms with Crippen LogP contribution in [0, 0.1) is 11.8 Å². The first-order valence-electron chi connectivity index (χ1n) is 23.6. The van der Waals surface area contributed by atoms with Crippen molar-refractivity contribution in [3.05, 3.63) is 85.1 Å². The number of likely N-dealkylation sites (N-methyl/N-ethyl adjacent to an activating group) is 1. The summed E-state index contributed by atoms with van der Waals surface area (Å²) < 4.78 is 33.8. The molecule has 1 saturated carbocycles. The largest absolute Gasteiger partial charge is 0.756 e. The Balaban J connectivity index is 2.54. The summed E-state index contributed by atoms with van der Waals surface area (Å²) in [6, 6.07) is 0. The predicted octanol–water partition coefficient (Wildman–Crippen LogP) is 9.32. The Morgan fingerprint density at radius 2 is 1.29 bits per heavy atom. The maximum Gasteiger partial charge on any atom is 0.306 e. The number of rotatable bonds is 37. The molecule has 7 atom stereocenters. The standard InChI is InChI=1S/C50H84NO11P/c1-6-8-10-11-12-13-14-15-16-17-18-19-20-21-22-23-24-25-30-34-49(55)59-41-44(42-61-63(57,58)60-39-38-51(3,4)5)62-50(56)35-31-27-26-29-33-45-46(48(54)40-47(45)53)37-36-43(52)32-28-9-7-2/h12-13,15-16,18-19,21-22,24-26,29,36-37,43-48,52-54H,6-11,14,17,20,23,27-28,30-35,38-42H2,1-5H3/b13-12-,16-15-,19-18-,22-21-,25-24-,29-26+,37-36+/t43-,44+,45+,46+,47-,48+/m0/s1. The Morgan fingerprint density at radius 1 is 0.714 bits per heavy atom. The Hall–Kier alpha value is -2.93. The quantitative estimate of drug-likeness (QED) is 0.0178. The number of ether oxygens (including phenoxy) is 2. The molecule has 360 valence electrons. The lowest BCUT2D eigenvalue weighted by molar-refractivity contribution is -0.870. The SMILES string of the molecule is CCCCC/C=C\C/C=C\C/C=C\C/C=C\C/C=C\CCC(=O)OC[C@H](COP(=O)([O-])OCC[N+](C)(C)C)OC(=O)CCC/C=C/C[C@@H]1[C@@H](/C=C/[C@@H](O)CCCCC)[C@H](O)C[C@@H]1O. The van der Waals surface area contributed by atoms with Crippen LogP contribution < -0.4 is 4.89 Å². The first-order chi connectivity index (χ1) is 30.2. The average Bonchev–Trinajstić information content (AvgIpc) is 3.50. The lowest BCUT2D eigenvalue weighted by Gasteiger charge is -2.28. The molecule has 13 heteroatoms. The molecule has 0 aliphatic heterocycles. The summed E-state index contributed by atoms with van der Waals surface area (Å²) in [4.78, 5) is 37.8. The van der Waals surface area contributed by atoms with Crippen LogP contribution in [0.25, 0.3) is 0 Å². The number of phosphoric acid groups is 1. The molecule has 0 aromatic rings. The molecule has 12 nitrogen and oxygen atoms in total. The molecule has 0 aromatic carbocycles. The van der Waals surface area contributed by atoms with Gasteiger partial charge in [0.1, 0.15) is 19.8 Å². The Kier molecular flexibility index (Phi) is 33.5. The highest BCUT2D eigenvalue weighted by Crippen LogP contribution is 2.38. The highest BCUT2D eigenvalue weighted by molar-refractivity contribution is 7.45. The van der Waals surface area contributed by atoms with E-state index in [1.807, 2.05) is 51.5 Å². The van der Waals surface area contributed by atoms with Crippen LogP contribution in [-0.4, -0.2) is 104 Å². The molecule has 0 radical (unpaired) electrons. The highest BCUT2D eigenvalue weighted by atomic mass is 31.2. The Morgan fingerprint density at radius 3 is 1.90 bits per heavy atom. The summed E-state index contributed by atoms with van der Waals surface area (Å²) in [5, 5.41) is 31.4. The van der Waals surface area contributed by atoms with Crippen molar-refractivity contribution in [3.8, 4) is 0 Å². The van der Waals surface area contributed by atoms with Crippen molar-refractivity contribution >= 4 is 19.8 Å². The average molecular weight is 906 g/mol. The molecular formula is C50H84NO11P. The maximum absolute atomic E-state index is 12.8. The number of aliphatic hydroxyl groups is 3. The maximum atomic E-state index is 12.8. The first kappa shape index (κ1) is 58.1. The fourth-order valence-electron chi connectivity index (χ4n) is 6.69. The molecule has 1 fully saturated rings. The summed E-state index contributed by atoms with van der Waals surface area (Å²) in [6.45, 7) is 3.71. The first-order valence-corrected chi connectivity index (χ1v) is 25.0. The van der Waals surface area contributed by atoms with E-state index >= 15 is 0 Å². The van der Waals surface area contributed by atoms with Crippen molar-refractivity contribution < 1.29 is 57.4 Å². The van der Waals surface area contributed by atoms with E-state index < -0.39 is 50.8 Å². The van der Waals surface area contributed by atoms with Gasteiger partial charge < -0.3 is 43.2 Å². The van der Waals surface area contributed by atoms with Crippen molar-refractivity contribution in [2.45, 2.75) is 160 Å². The van der Waals surface area contributed by atoms with Gasteiger partial charge in [-0.3, -0.25) is 14.2 Å². The van der Waals surface area contributed by atoms with Crippen molar-refractivity contribution in [3.63, 3.8) is 0 Å². The number of carbonyl (C=O) groups excluding carboxylic acids is 2. The number of esters is 2. The van der Waals surface area contributed by atoms with Gasteiger partial charge in [-0.25, -0.2) is 0 Å². The van der Waals surface area contributed by atoms with E-state index in [1.165, 1.54) is 25.7 Å². The molecule has 3 N–H and O–H groups in total. The number of quaternary nitrogens is 1. The topological polar surface area (TPSA) is 172 Å². The van der Waals surface area contributed by atoms with Crippen LogP contribution in [0.5, 0.6) is 0 Å². The third-order valence-corrected chi connectivity index (χ3v) is 11.4. The van der Waals surface area contributed by atoms with Gasteiger partial charge in [-0.2, -0.15) is 0 Å². The van der Waals surface area contributed by atoms with Crippen molar-refractivity contribution in [2.75, 3.05) is 47.5 Å². The summed E-state index contributed by atoms with van der Waals surface area (Å²) in [6.07, 6.45) is 40.1. The van der Waals surface area contributed by atoms with Crippen LogP contribution in [0.4, 0.5) is 0 Å². The highest BCUT2D eigenvalue weighted by Gasteiger charge is 2.39. The van der Waals surface area contributed by atoms with Gasteiger partial charge in [0.15, 0.2) is 6.10 Å². The molecule has 1 rings (SSSR count). The zero-order valence-electron chi connectivity index (χ0n) is 39.3. The van der Waals surface area contributed by atoms with Crippen LogP contribution in [0.1, 0.15) is 136 Å². The lowest BCUT2D eigenvalue weighted by atomic mass is 9.89. The van der Waals surface area contributed by atoms with Crippen LogP contribution in [-0.2, 0) is 32.7 Å². The fraction of sp³-hybridized carbons (Fsp3) is 0.680. The third-order valence-electron chi connectivity index (χ3n) is 10.5. The van der Waals surface area contributed by atoms with E-state index in [0.717, 1.165) is 44.9 Å². The van der Waals surface area contributed by atoms with Crippen LogP contribution in [0.15, 0.2) is 85.1 Å². The Bertz CT molecular complexity index is 1460. The molecule has 1 aliphatic rings. The van der Waals surface area contributed by atoms with E-state index in [9.17, 15) is 34.4 Å². The second-order valence-corrected chi connectivity index (χ2v) is 18.8. The van der Waals surface area contributed by atoms with E-state index in [4.69, 9.17) is 18.5 Å². The van der Waals surface area contributed by atoms with Crippen LogP contribution in [0.2, 0.25) is 0 Å². The van der Waals surface area contributed by atoms with Gasteiger partial charge in [0, 0.05) is 25.2 Å². The number of carbonyl (C=O) groups is 2. The number of hydrogen-bond acceptors (Lipinski definition) is 11. The minimum atomic E-state index is -4.72. The zero-order chi connectivity index (χ0) is 46.6. The van der Waals surface area contributed by atoms with Gasteiger partial charge in [0.25, 0.3) is 7.82 Å².